The van der Waals surface area contributed by atoms with Gasteiger partial charge < -0.3 is 4.42 Å². The fraction of sp³-hybridized carbons (Fsp3) is 0. The fourth-order valence-corrected chi connectivity index (χ4v) is 6.65. The number of hydrogen-bond donors (Lipinski definition) is 0. The molecule has 0 spiro atoms. The van der Waals surface area contributed by atoms with Crippen LogP contribution in [0.2, 0.25) is 5.02 Å². The average molecular weight is 662 g/mol. The van der Waals surface area contributed by atoms with E-state index >= 15 is 0 Å². The van der Waals surface area contributed by atoms with Crippen LogP contribution in [0.1, 0.15) is 0 Å². The van der Waals surface area contributed by atoms with Gasteiger partial charge in [-0.3, -0.25) is 0 Å². The van der Waals surface area contributed by atoms with Gasteiger partial charge in [0, 0.05) is 38.0 Å². The van der Waals surface area contributed by atoms with E-state index in [0.717, 1.165) is 72.0 Å². The molecule has 0 saturated heterocycles. The molecular weight excluding hydrogens is 634 g/mol. The lowest BCUT2D eigenvalue weighted by molar-refractivity contribution is 0.669. The summed E-state index contributed by atoms with van der Waals surface area (Å²) in [5.74, 6) is 1.76. The van der Waals surface area contributed by atoms with Crippen molar-refractivity contribution in [1.29, 1.82) is 0 Å². The summed E-state index contributed by atoms with van der Waals surface area (Å²) in [6, 6.07) is 57.6. The lowest BCUT2D eigenvalue weighted by Crippen LogP contribution is -2.00. The Kier molecular flexibility index (Phi) is 7.49. The van der Waals surface area contributed by atoms with Crippen LogP contribution in [-0.2, 0) is 0 Å². The van der Waals surface area contributed by atoms with Gasteiger partial charge in [0.2, 0.25) is 0 Å². The zero-order valence-electron chi connectivity index (χ0n) is 26.8. The van der Waals surface area contributed by atoms with Crippen molar-refractivity contribution in [2.75, 3.05) is 0 Å². The third kappa shape index (κ3) is 5.62. The van der Waals surface area contributed by atoms with E-state index in [4.69, 9.17) is 31.0 Å². The molecule has 0 bridgehead atoms. The van der Waals surface area contributed by atoms with Gasteiger partial charge in [-0.2, -0.15) is 0 Å². The smallest absolute Gasteiger partial charge is 0.164 e. The minimum absolute atomic E-state index is 0.567. The molecule has 0 fully saturated rings. The second kappa shape index (κ2) is 12.6. The van der Waals surface area contributed by atoms with E-state index in [0.29, 0.717) is 22.5 Å². The molecule has 50 heavy (non-hydrogen) atoms. The number of nitrogens with zero attached hydrogens (tertiary/aromatic N) is 3. The second-order valence-electron chi connectivity index (χ2n) is 12.2. The van der Waals surface area contributed by atoms with Crippen LogP contribution < -0.4 is 0 Å². The molecule has 5 heteroatoms. The number of aromatic nitrogens is 3. The van der Waals surface area contributed by atoms with Crippen molar-refractivity contribution in [2.24, 2.45) is 0 Å². The normalized spacial score (nSPS) is 11.3. The van der Waals surface area contributed by atoms with Crippen molar-refractivity contribution in [3.8, 4) is 67.5 Å². The van der Waals surface area contributed by atoms with Gasteiger partial charge in [-0.05, 0) is 64.2 Å². The van der Waals surface area contributed by atoms with E-state index in [-0.39, 0.29) is 0 Å². The highest BCUT2D eigenvalue weighted by Crippen LogP contribution is 2.37. The number of para-hydroxylation sites is 1. The van der Waals surface area contributed by atoms with Crippen molar-refractivity contribution in [3.05, 3.63) is 175 Å². The molecule has 0 amide bonds. The van der Waals surface area contributed by atoms with Gasteiger partial charge in [0.05, 0.1) is 0 Å². The van der Waals surface area contributed by atoms with E-state index in [1.807, 2.05) is 78.9 Å². The van der Waals surface area contributed by atoms with Crippen LogP contribution in [0.5, 0.6) is 0 Å². The second-order valence-corrected chi connectivity index (χ2v) is 12.6. The number of halogens is 1. The molecular formula is C45H28ClN3O. The van der Waals surface area contributed by atoms with E-state index in [1.165, 1.54) is 0 Å². The molecule has 0 N–H and O–H groups in total. The van der Waals surface area contributed by atoms with Crippen LogP contribution in [0.25, 0.3) is 89.5 Å². The molecule has 2 heterocycles. The van der Waals surface area contributed by atoms with Gasteiger partial charge in [-0.15, -0.1) is 0 Å². The third-order valence-electron chi connectivity index (χ3n) is 9.05. The van der Waals surface area contributed by atoms with E-state index in [2.05, 4.69) is 91.0 Å². The highest BCUT2D eigenvalue weighted by atomic mass is 35.5. The minimum Gasteiger partial charge on any atom is -0.456 e. The number of fused-ring (bicyclic) bond motifs is 3. The molecule has 0 aliphatic heterocycles. The maximum absolute atomic E-state index is 6.87. The molecule has 0 atom stereocenters. The Labute approximate surface area is 294 Å². The van der Waals surface area contributed by atoms with Gasteiger partial charge in [-0.1, -0.05) is 145 Å². The van der Waals surface area contributed by atoms with Crippen LogP contribution in [0.4, 0.5) is 0 Å². The largest absolute Gasteiger partial charge is 0.456 e. The first-order valence-electron chi connectivity index (χ1n) is 16.5. The average Bonchev–Trinajstić information content (AvgIpc) is 3.57. The summed E-state index contributed by atoms with van der Waals surface area (Å²) in [7, 11) is 0. The quantitative estimate of drug-likeness (QED) is 0.178. The van der Waals surface area contributed by atoms with E-state index in [9.17, 15) is 0 Å². The topological polar surface area (TPSA) is 51.8 Å². The maximum atomic E-state index is 6.87. The van der Waals surface area contributed by atoms with Crippen LogP contribution in [-0.4, -0.2) is 15.0 Å². The number of benzene rings is 7. The number of hydrogen-bond acceptors (Lipinski definition) is 4. The summed E-state index contributed by atoms with van der Waals surface area (Å²) in [6.45, 7) is 0. The Morgan fingerprint density at radius 3 is 1.38 bits per heavy atom. The zero-order chi connectivity index (χ0) is 33.4. The van der Waals surface area contributed by atoms with Crippen molar-refractivity contribution in [2.45, 2.75) is 0 Å². The summed E-state index contributed by atoms with van der Waals surface area (Å²) < 4.78 is 6.08. The molecule has 4 nitrogen and oxygen atoms in total. The molecule has 236 valence electrons. The third-order valence-corrected chi connectivity index (χ3v) is 9.38. The van der Waals surface area contributed by atoms with E-state index < -0.39 is 0 Å². The summed E-state index contributed by atoms with van der Waals surface area (Å²) >= 11 is 6.87. The molecule has 0 unspecified atom stereocenters. The molecule has 7 aromatic carbocycles. The molecule has 9 aromatic rings. The van der Waals surface area contributed by atoms with Gasteiger partial charge in [-0.25, -0.2) is 15.0 Å². The predicted octanol–water partition coefficient (Wildman–Crippen LogP) is 12.4. The van der Waals surface area contributed by atoms with Crippen molar-refractivity contribution in [3.63, 3.8) is 0 Å². The summed E-state index contributed by atoms with van der Waals surface area (Å²) in [6.07, 6.45) is 0. The van der Waals surface area contributed by atoms with Crippen LogP contribution in [0.15, 0.2) is 174 Å². The lowest BCUT2D eigenvalue weighted by atomic mass is 10.00. The maximum Gasteiger partial charge on any atom is 0.164 e. The van der Waals surface area contributed by atoms with Crippen molar-refractivity contribution >= 4 is 33.5 Å². The first-order chi connectivity index (χ1) is 24.7. The van der Waals surface area contributed by atoms with E-state index in [1.54, 1.807) is 0 Å². The SMILES string of the molecule is Clc1ccc(-c2nc(-c3ccc(-c4ccccc4)cc3)nc(-c3ccc(-c4ccccc4)cc3)n2)cc1-c1ccc2oc3ccccc3c2c1. The summed E-state index contributed by atoms with van der Waals surface area (Å²) in [5, 5.41) is 2.76. The summed E-state index contributed by atoms with van der Waals surface area (Å²) in [4.78, 5) is 15.1. The first kappa shape index (κ1) is 29.8. The lowest BCUT2D eigenvalue weighted by Gasteiger charge is -2.11. The zero-order valence-corrected chi connectivity index (χ0v) is 27.5. The van der Waals surface area contributed by atoms with Crippen LogP contribution >= 0.6 is 11.6 Å². The molecule has 0 saturated carbocycles. The molecule has 0 aliphatic carbocycles. The predicted molar refractivity (Wildman–Crippen MR) is 205 cm³/mol. The Morgan fingerprint density at radius 1 is 0.340 bits per heavy atom. The Bertz CT molecular complexity index is 2530. The van der Waals surface area contributed by atoms with Gasteiger partial charge in [0.15, 0.2) is 17.5 Å². The number of rotatable bonds is 6. The number of furan rings is 1. The molecule has 9 rings (SSSR count). The minimum atomic E-state index is 0.567. The van der Waals surface area contributed by atoms with Crippen LogP contribution in [0.3, 0.4) is 0 Å². The van der Waals surface area contributed by atoms with Crippen molar-refractivity contribution in [1.82, 2.24) is 15.0 Å². The van der Waals surface area contributed by atoms with Crippen LogP contribution in [0, 0.1) is 0 Å². The monoisotopic (exact) mass is 661 g/mol. The molecule has 0 radical (unpaired) electrons. The fourth-order valence-electron chi connectivity index (χ4n) is 6.43. The van der Waals surface area contributed by atoms with Gasteiger partial charge in [0.1, 0.15) is 11.2 Å². The molecule has 0 aliphatic rings. The Balaban J connectivity index is 1.15. The highest BCUT2D eigenvalue weighted by molar-refractivity contribution is 6.33. The highest BCUT2D eigenvalue weighted by Gasteiger charge is 2.16. The Morgan fingerprint density at radius 2 is 0.780 bits per heavy atom. The van der Waals surface area contributed by atoms with Crippen molar-refractivity contribution < 1.29 is 4.42 Å². The molecule has 2 aromatic heterocycles. The van der Waals surface area contributed by atoms with Gasteiger partial charge >= 0.3 is 0 Å². The Hall–Kier alpha value is -6.36. The van der Waals surface area contributed by atoms with Gasteiger partial charge in [0.25, 0.3) is 0 Å². The standard InChI is InChI=1S/C45H28ClN3O/c46-40-25-23-36(28-38(40)35-24-26-42-39(27-35)37-13-7-8-14-41(37)50-42)45-48-43(33-19-15-31(16-20-33)29-9-3-1-4-10-29)47-44(49-45)34-21-17-32(18-22-34)30-11-5-2-6-12-30/h1-28H. The summed E-state index contributed by atoms with van der Waals surface area (Å²) in [5.41, 5.74) is 10.8. The first-order valence-corrected chi connectivity index (χ1v) is 16.8.